The van der Waals surface area contributed by atoms with Crippen molar-refractivity contribution in [1.29, 1.82) is 0 Å². The zero-order valence-corrected chi connectivity index (χ0v) is 10.7. The van der Waals surface area contributed by atoms with Crippen LogP contribution in [0.5, 0.6) is 0 Å². The molecule has 5 heteroatoms. The van der Waals surface area contributed by atoms with Gasteiger partial charge in [0.25, 0.3) is 0 Å². The SMILES string of the molecule is CC1(C)CCC(c2cc(F)c3cnc(N)nn23)C1. The topological polar surface area (TPSA) is 56.2 Å². The molecule has 0 spiro atoms. The molecule has 0 aliphatic heterocycles. The molecule has 1 aliphatic carbocycles. The summed E-state index contributed by atoms with van der Waals surface area (Å²) in [6, 6.07) is 1.58. The van der Waals surface area contributed by atoms with Crippen LogP contribution in [0.2, 0.25) is 0 Å². The van der Waals surface area contributed by atoms with Gasteiger partial charge in [0.05, 0.1) is 6.20 Å². The van der Waals surface area contributed by atoms with E-state index in [2.05, 4.69) is 23.9 Å². The van der Waals surface area contributed by atoms with Gasteiger partial charge in [-0.2, -0.15) is 0 Å². The van der Waals surface area contributed by atoms with Gasteiger partial charge < -0.3 is 5.73 Å². The second-order valence-electron chi connectivity index (χ2n) is 5.93. The number of nitrogen functional groups attached to an aromatic ring is 1. The Morgan fingerprint density at radius 2 is 2.28 bits per heavy atom. The standard InChI is InChI=1S/C13H17FN4/c1-13(2)4-3-8(6-13)10-5-9(14)11-7-16-12(15)17-18(10)11/h5,7-8H,3-4,6H2,1-2H3,(H2,15,17). The van der Waals surface area contributed by atoms with Gasteiger partial charge in [-0.1, -0.05) is 13.8 Å². The second-order valence-corrected chi connectivity index (χ2v) is 5.93. The number of hydrogen-bond donors (Lipinski definition) is 1. The summed E-state index contributed by atoms with van der Waals surface area (Å²) < 4.78 is 15.5. The molecule has 18 heavy (non-hydrogen) atoms. The molecule has 1 saturated carbocycles. The molecular weight excluding hydrogens is 231 g/mol. The van der Waals surface area contributed by atoms with Gasteiger partial charge in [-0.05, 0) is 30.7 Å². The molecule has 1 unspecified atom stereocenters. The minimum atomic E-state index is -0.269. The molecule has 1 aliphatic rings. The first-order valence-electron chi connectivity index (χ1n) is 6.26. The lowest BCUT2D eigenvalue weighted by Crippen LogP contribution is -2.08. The number of fused-ring (bicyclic) bond motifs is 1. The van der Waals surface area contributed by atoms with E-state index in [9.17, 15) is 4.39 Å². The van der Waals surface area contributed by atoms with E-state index in [4.69, 9.17) is 5.73 Å². The lowest BCUT2D eigenvalue weighted by molar-refractivity contribution is 0.375. The van der Waals surface area contributed by atoms with Crippen LogP contribution in [-0.2, 0) is 0 Å². The van der Waals surface area contributed by atoms with Crippen molar-refractivity contribution in [2.24, 2.45) is 5.41 Å². The molecule has 1 atom stereocenters. The molecule has 2 heterocycles. The average Bonchev–Trinajstić information content (AvgIpc) is 2.80. The highest BCUT2D eigenvalue weighted by molar-refractivity contribution is 5.50. The Morgan fingerprint density at radius 3 is 2.94 bits per heavy atom. The summed E-state index contributed by atoms with van der Waals surface area (Å²) in [5, 5.41) is 4.13. The number of nitrogens with two attached hydrogens (primary N) is 1. The number of nitrogens with zero attached hydrogens (tertiary/aromatic N) is 3. The quantitative estimate of drug-likeness (QED) is 0.844. The lowest BCUT2D eigenvalue weighted by Gasteiger charge is -2.16. The van der Waals surface area contributed by atoms with Crippen molar-refractivity contribution >= 4 is 11.5 Å². The summed E-state index contributed by atoms with van der Waals surface area (Å²) >= 11 is 0. The minimum absolute atomic E-state index is 0.177. The fraction of sp³-hybridized carbons (Fsp3) is 0.538. The van der Waals surface area contributed by atoms with E-state index >= 15 is 0 Å². The Labute approximate surface area is 105 Å². The maximum atomic E-state index is 13.8. The first-order chi connectivity index (χ1) is 8.46. The van der Waals surface area contributed by atoms with Crippen LogP contribution in [0.3, 0.4) is 0 Å². The molecule has 0 amide bonds. The number of aromatic nitrogens is 3. The second kappa shape index (κ2) is 3.67. The molecule has 2 aromatic heterocycles. The van der Waals surface area contributed by atoms with Gasteiger partial charge in [0.2, 0.25) is 5.95 Å². The minimum Gasteiger partial charge on any atom is -0.367 e. The zero-order valence-electron chi connectivity index (χ0n) is 10.7. The van der Waals surface area contributed by atoms with Crippen LogP contribution in [0.4, 0.5) is 10.3 Å². The summed E-state index contributed by atoms with van der Waals surface area (Å²) in [5.74, 6) is 0.262. The van der Waals surface area contributed by atoms with E-state index in [0.29, 0.717) is 16.8 Å². The van der Waals surface area contributed by atoms with Gasteiger partial charge >= 0.3 is 0 Å². The van der Waals surface area contributed by atoms with Crippen molar-refractivity contribution < 1.29 is 4.39 Å². The average molecular weight is 248 g/mol. The summed E-state index contributed by atoms with van der Waals surface area (Å²) in [6.45, 7) is 4.50. The van der Waals surface area contributed by atoms with Crippen LogP contribution in [0.15, 0.2) is 12.3 Å². The van der Waals surface area contributed by atoms with E-state index < -0.39 is 0 Å². The number of rotatable bonds is 1. The number of anilines is 1. The van der Waals surface area contributed by atoms with Crippen molar-refractivity contribution in [1.82, 2.24) is 14.6 Å². The summed E-state index contributed by atoms with van der Waals surface area (Å²) in [5.41, 5.74) is 7.24. The van der Waals surface area contributed by atoms with Crippen LogP contribution in [-0.4, -0.2) is 14.6 Å². The van der Waals surface area contributed by atoms with Gasteiger partial charge in [0.1, 0.15) is 5.52 Å². The Kier molecular flexibility index (Phi) is 2.33. The first kappa shape index (κ1) is 11.4. The van der Waals surface area contributed by atoms with Crippen LogP contribution in [0, 0.1) is 11.2 Å². The smallest absolute Gasteiger partial charge is 0.238 e. The third-order valence-electron chi connectivity index (χ3n) is 3.90. The van der Waals surface area contributed by atoms with Crippen LogP contribution in [0.1, 0.15) is 44.7 Å². The van der Waals surface area contributed by atoms with Crippen molar-refractivity contribution in [3.8, 4) is 0 Å². The predicted molar refractivity (Wildman–Crippen MR) is 67.7 cm³/mol. The third kappa shape index (κ3) is 1.74. The highest BCUT2D eigenvalue weighted by Crippen LogP contribution is 2.46. The molecule has 2 aromatic rings. The van der Waals surface area contributed by atoms with Gasteiger partial charge in [-0.25, -0.2) is 13.9 Å². The summed E-state index contributed by atoms with van der Waals surface area (Å²) in [4.78, 5) is 3.84. The molecule has 0 aromatic carbocycles. The Morgan fingerprint density at radius 1 is 1.50 bits per heavy atom. The van der Waals surface area contributed by atoms with Crippen molar-refractivity contribution in [2.75, 3.05) is 5.73 Å². The monoisotopic (exact) mass is 248 g/mol. The first-order valence-corrected chi connectivity index (χ1v) is 6.26. The van der Waals surface area contributed by atoms with E-state index in [0.717, 1.165) is 25.0 Å². The van der Waals surface area contributed by atoms with E-state index in [-0.39, 0.29) is 11.8 Å². The molecule has 3 rings (SSSR count). The maximum Gasteiger partial charge on any atom is 0.238 e. The van der Waals surface area contributed by atoms with Crippen molar-refractivity contribution in [3.63, 3.8) is 0 Å². The highest BCUT2D eigenvalue weighted by Gasteiger charge is 2.33. The summed E-state index contributed by atoms with van der Waals surface area (Å²) in [7, 11) is 0. The Bertz CT molecular complexity index is 602. The van der Waals surface area contributed by atoms with Crippen LogP contribution < -0.4 is 5.73 Å². The van der Waals surface area contributed by atoms with Crippen LogP contribution in [0.25, 0.3) is 5.52 Å². The fourth-order valence-electron chi connectivity index (χ4n) is 2.97. The molecule has 0 radical (unpaired) electrons. The highest BCUT2D eigenvalue weighted by atomic mass is 19.1. The van der Waals surface area contributed by atoms with E-state index in [1.165, 1.54) is 6.20 Å². The van der Waals surface area contributed by atoms with E-state index in [1.54, 1.807) is 10.6 Å². The van der Waals surface area contributed by atoms with E-state index in [1.807, 2.05) is 0 Å². The maximum absolute atomic E-state index is 13.8. The summed E-state index contributed by atoms with van der Waals surface area (Å²) in [6.07, 6.45) is 4.74. The number of halogens is 1. The van der Waals surface area contributed by atoms with Gasteiger partial charge in [-0.3, -0.25) is 0 Å². The molecule has 2 N–H and O–H groups in total. The third-order valence-corrected chi connectivity index (χ3v) is 3.90. The Hall–Kier alpha value is -1.65. The van der Waals surface area contributed by atoms with Crippen LogP contribution >= 0.6 is 0 Å². The van der Waals surface area contributed by atoms with Crippen molar-refractivity contribution in [2.45, 2.75) is 39.0 Å². The predicted octanol–water partition coefficient (Wildman–Crippen LogP) is 2.74. The molecule has 0 saturated heterocycles. The molecule has 4 nitrogen and oxygen atoms in total. The van der Waals surface area contributed by atoms with Gasteiger partial charge in [0, 0.05) is 11.6 Å². The van der Waals surface area contributed by atoms with Gasteiger partial charge in [-0.15, -0.1) is 5.10 Å². The lowest BCUT2D eigenvalue weighted by atomic mass is 9.90. The zero-order chi connectivity index (χ0) is 12.9. The fourth-order valence-corrected chi connectivity index (χ4v) is 2.97. The number of hydrogen-bond acceptors (Lipinski definition) is 3. The van der Waals surface area contributed by atoms with Gasteiger partial charge in [0.15, 0.2) is 5.82 Å². The molecule has 1 fully saturated rings. The largest absolute Gasteiger partial charge is 0.367 e. The Balaban J connectivity index is 2.10. The molecule has 96 valence electrons. The van der Waals surface area contributed by atoms with Crippen molar-refractivity contribution in [3.05, 3.63) is 23.8 Å². The molecular formula is C13H17FN4. The molecule has 0 bridgehead atoms. The normalized spacial score (nSPS) is 22.7.